The van der Waals surface area contributed by atoms with E-state index in [0.717, 1.165) is 37.9 Å². The van der Waals surface area contributed by atoms with Crippen LogP contribution in [0.5, 0.6) is 5.75 Å². The number of ether oxygens (including phenoxy) is 1. The largest absolute Gasteiger partial charge is 0.497 e. The summed E-state index contributed by atoms with van der Waals surface area (Å²) in [5.74, 6) is 0.519. The molecule has 1 N–H and O–H groups in total. The quantitative estimate of drug-likeness (QED) is 0.521. The number of rotatable bonds is 10. The average Bonchev–Trinajstić information content (AvgIpc) is 2.64. The van der Waals surface area contributed by atoms with Crippen LogP contribution in [-0.2, 0) is 11.2 Å². The highest BCUT2D eigenvalue weighted by molar-refractivity contribution is 5.87. The second-order valence-corrected chi connectivity index (χ2v) is 6.21. The summed E-state index contributed by atoms with van der Waals surface area (Å²) >= 11 is 0. The summed E-state index contributed by atoms with van der Waals surface area (Å²) in [6.07, 6.45) is 2.15. The van der Waals surface area contributed by atoms with E-state index in [2.05, 4.69) is 24.1 Å². The van der Waals surface area contributed by atoms with Gasteiger partial charge >= 0.3 is 5.63 Å². The van der Waals surface area contributed by atoms with Gasteiger partial charge in [-0.3, -0.25) is 4.79 Å². The van der Waals surface area contributed by atoms with Gasteiger partial charge in [0.2, 0.25) is 5.91 Å². The molecule has 0 fully saturated rings. The summed E-state index contributed by atoms with van der Waals surface area (Å²) in [5.41, 5.74) is 0.631. The van der Waals surface area contributed by atoms with Crippen LogP contribution in [0.2, 0.25) is 0 Å². The van der Waals surface area contributed by atoms with E-state index in [1.165, 1.54) is 6.07 Å². The molecule has 0 saturated heterocycles. The molecule has 26 heavy (non-hydrogen) atoms. The zero-order valence-corrected chi connectivity index (χ0v) is 15.8. The Hall–Kier alpha value is -2.34. The Kier molecular flexibility index (Phi) is 7.66. The maximum Gasteiger partial charge on any atom is 0.336 e. The van der Waals surface area contributed by atoms with E-state index in [4.69, 9.17) is 9.15 Å². The van der Waals surface area contributed by atoms with E-state index in [0.29, 0.717) is 23.4 Å². The van der Waals surface area contributed by atoms with Gasteiger partial charge in [0, 0.05) is 24.1 Å². The van der Waals surface area contributed by atoms with Crippen LogP contribution in [0.3, 0.4) is 0 Å². The van der Waals surface area contributed by atoms with Crippen LogP contribution in [0.25, 0.3) is 11.0 Å². The predicted molar refractivity (Wildman–Crippen MR) is 103 cm³/mol. The van der Waals surface area contributed by atoms with Crippen molar-refractivity contribution < 1.29 is 13.9 Å². The van der Waals surface area contributed by atoms with E-state index in [9.17, 15) is 9.59 Å². The van der Waals surface area contributed by atoms with E-state index >= 15 is 0 Å². The van der Waals surface area contributed by atoms with Crippen molar-refractivity contribution in [3.8, 4) is 5.75 Å². The zero-order chi connectivity index (χ0) is 18.9. The van der Waals surface area contributed by atoms with Crippen LogP contribution in [0.4, 0.5) is 0 Å². The van der Waals surface area contributed by atoms with Crippen LogP contribution in [0.15, 0.2) is 33.5 Å². The smallest absolute Gasteiger partial charge is 0.336 e. The Morgan fingerprint density at radius 2 is 1.96 bits per heavy atom. The number of nitrogens with zero attached hydrogens (tertiary/aromatic N) is 1. The molecule has 6 heteroatoms. The molecular formula is C20H28N2O4. The van der Waals surface area contributed by atoms with E-state index < -0.39 is 5.63 Å². The van der Waals surface area contributed by atoms with Crippen molar-refractivity contribution in [2.45, 2.75) is 33.1 Å². The Bertz CT molecular complexity index is 781. The lowest BCUT2D eigenvalue weighted by Gasteiger charge is -2.17. The molecule has 0 unspecified atom stereocenters. The minimum Gasteiger partial charge on any atom is -0.497 e. The number of carbonyl (C=O) groups is 1. The molecular weight excluding hydrogens is 332 g/mol. The summed E-state index contributed by atoms with van der Waals surface area (Å²) in [6.45, 7) is 8.11. The molecule has 0 aliphatic heterocycles. The maximum absolute atomic E-state index is 12.2. The second kappa shape index (κ2) is 9.97. The minimum atomic E-state index is -0.465. The molecule has 142 valence electrons. The van der Waals surface area contributed by atoms with Crippen molar-refractivity contribution in [1.82, 2.24) is 10.2 Å². The molecule has 0 aliphatic rings. The number of fused-ring (bicyclic) bond motifs is 1. The fraction of sp³-hybridized carbons (Fsp3) is 0.500. The molecule has 0 radical (unpaired) electrons. The molecule has 0 saturated carbocycles. The van der Waals surface area contributed by atoms with Gasteiger partial charge < -0.3 is 19.4 Å². The summed E-state index contributed by atoms with van der Waals surface area (Å²) < 4.78 is 10.4. The third-order valence-corrected chi connectivity index (χ3v) is 4.51. The first kappa shape index (κ1) is 20.0. The third-order valence-electron chi connectivity index (χ3n) is 4.51. The van der Waals surface area contributed by atoms with Gasteiger partial charge in [0.1, 0.15) is 11.3 Å². The molecule has 0 bridgehead atoms. The highest BCUT2D eigenvalue weighted by Crippen LogP contribution is 2.22. The zero-order valence-electron chi connectivity index (χ0n) is 15.8. The number of hydrogen-bond donors (Lipinski definition) is 1. The predicted octanol–water partition coefficient (Wildman–Crippen LogP) is 2.58. The highest BCUT2D eigenvalue weighted by atomic mass is 16.5. The van der Waals surface area contributed by atoms with Gasteiger partial charge in [-0.2, -0.15) is 0 Å². The van der Waals surface area contributed by atoms with Gasteiger partial charge in [-0.25, -0.2) is 4.79 Å². The Morgan fingerprint density at radius 3 is 2.65 bits per heavy atom. The van der Waals surface area contributed by atoms with Crippen LogP contribution in [0, 0.1) is 0 Å². The standard InChI is InChI=1S/C20H28N2O4/c1-4-22(5-2)11-7-6-10-21-19(23)12-15-13-20(24)26-18-14-16(25-3)8-9-17(15)18/h8-9,13-14H,4-7,10-12H2,1-3H3,(H,21,23). The van der Waals surface area contributed by atoms with Crippen LogP contribution in [-0.4, -0.2) is 44.1 Å². The lowest BCUT2D eigenvalue weighted by molar-refractivity contribution is -0.120. The normalized spacial score (nSPS) is 11.1. The first-order valence-electron chi connectivity index (χ1n) is 9.17. The first-order valence-corrected chi connectivity index (χ1v) is 9.17. The number of unbranched alkanes of at least 4 members (excludes halogenated alkanes) is 1. The monoisotopic (exact) mass is 360 g/mol. The van der Waals surface area contributed by atoms with Gasteiger partial charge in [-0.1, -0.05) is 13.8 Å². The number of methoxy groups -OCH3 is 1. The van der Waals surface area contributed by atoms with Gasteiger partial charge in [0.15, 0.2) is 0 Å². The molecule has 0 atom stereocenters. The maximum atomic E-state index is 12.2. The topological polar surface area (TPSA) is 71.8 Å². The Morgan fingerprint density at radius 1 is 1.19 bits per heavy atom. The van der Waals surface area contributed by atoms with Crippen molar-refractivity contribution >= 4 is 16.9 Å². The molecule has 1 amide bonds. The van der Waals surface area contributed by atoms with Crippen LogP contribution >= 0.6 is 0 Å². The van der Waals surface area contributed by atoms with E-state index in [1.54, 1.807) is 19.2 Å². The van der Waals surface area contributed by atoms with Crippen molar-refractivity contribution in [1.29, 1.82) is 0 Å². The van der Waals surface area contributed by atoms with E-state index in [-0.39, 0.29) is 12.3 Å². The van der Waals surface area contributed by atoms with Crippen LogP contribution in [0.1, 0.15) is 32.3 Å². The summed E-state index contributed by atoms with van der Waals surface area (Å²) in [7, 11) is 1.55. The van der Waals surface area contributed by atoms with Gasteiger partial charge in [0.05, 0.1) is 13.5 Å². The summed E-state index contributed by atoms with van der Waals surface area (Å²) in [6, 6.07) is 6.64. The fourth-order valence-corrected chi connectivity index (χ4v) is 2.95. The molecule has 0 spiro atoms. The lowest BCUT2D eigenvalue weighted by atomic mass is 10.1. The van der Waals surface area contributed by atoms with Crippen LogP contribution < -0.4 is 15.7 Å². The first-order chi connectivity index (χ1) is 12.6. The third kappa shape index (κ3) is 5.59. The summed E-state index contributed by atoms with van der Waals surface area (Å²) in [4.78, 5) is 26.3. The number of benzene rings is 1. The van der Waals surface area contributed by atoms with Crippen molar-refractivity contribution in [3.63, 3.8) is 0 Å². The molecule has 2 aromatic rings. The number of nitrogens with one attached hydrogen (secondary N) is 1. The number of amides is 1. The number of hydrogen-bond acceptors (Lipinski definition) is 5. The van der Waals surface area contributed by atoms with Crippen molar-refractivity contribution in [3.05, 3.63) is 40.2 Å². The molecule has 2 rings (SSSR count). The molecule has 1 aromatic heterocycles. The number of carbonyl (C=O) groups excluding carboxylic acids is 1. The average molecular weight is 360 g/mol. The second-order valence-electron chi connectivity index (χ2n) is 6.21. The summed E-state index contributed by atoms with van der Waals surface area (Å²) in [5, 5.41) is 3.68. The highest BCUT2D eigenvalue weighted by Gasteiger charge is 2.11. The molecule has 1 aromatic carbocycles. The SMILES string of the molecule is CCN(CC)CCCCNC(=O)Cc1cc(=O)oc2cc(OC)ccc12. The van der Waals surface area contributed by atoms with Gasteiger partial charge in [-0.15, -0.1) is 0 Å². The Labute approximate surface area is 154 Å². The van der Waals surface area contributed by atoms with Gasteiger partial charge in [-0.05, 0) is 50.2 Å². The lowest BCUT2D eigenvalue weighted by Crippen LogP contribution is -2.28. The van der Waals surface area contributed by atoms with Gasteiger partial charge in [0.25, 0.3) is 0 Å². The molecule has 6 nitrogen and oxygen atoms in total. The van der Waals surface area contributed by atoms with E-state index in [1.807, 2.05) is 6.07 Å². The molecule has 0 aliphatic carbocycles. The van der Waals surface area contributed by atoms with Crippen molar-refractivity contribution in [2.75, 3.05) is 33.3 Å². The minimum absolute atomic E-state index is 0.0874. The van der Waals surface area contributed by atoms with Crippen molar-refractivity contribution in [2.24, 2.45) is 0 Å². The molecule has 1 heterocycles. The fourth-order valence-electron chi connectivity index (χ4n) is 2.95. The Balaban J connectivity index is 1.91.